The second-order valence-electron chi connectivity index (χ2n) is 7.18. The van der Waals surface area contributed by atoms with Crippen LogP contribution in [0, 0.1) is 13.8 Å². The number of rotatable bonds is 5. The molecule has 0 spiro atoms. The lowest BCUT2D eigenvalue weighted by Gasteiger charge is -2.25. The molecular weight excluding hydrogens is 415 g/mol. The molecule has 0 atom stereocenters. The van der Waals surface area contributed by atoms with Gasteiger partial charge in [-0.25, -0.2) is 0 Å². The van der Waals surface area contributed by atoms with Crippen molar-refractivity contribution in [1.82, 2.24) is 19.9 Å². The third-order valence-corrected chi connectivity index (χ3v) is 6.82. The molecule has 1 aromatic carbocycles. The van der Waals surface area contributed by atoms with Crippen LogP contribution < -0.4 is 0 Å². The predicted molar refractivity (Wildman–Crippen MR) is 113 cm³/mol. The van der Waals surface area contributed by atoms with Gasteiger partial charge in [0.2, 0.25) is 0 Å². The van der Waals surface area contributed by atoms with Gasteiger partial charge in [-0.15, -0.1) is 10.2 Å². The first-order valence-corrected chi connectivity index (χ1v) is 11.2. The van der Waals surface area contributed by atoms with Crippen molar-refractivity contribution >= 4 is 35.0 Å². The molecule has 28 heavy (non-hydrogen) atoms. The molecule has 0 unspecified atom stereocenters. The van der Waals surface area contributed by atoms with Crippen LogP contribution in [0.5, 0.6) is 0 Å². The fourth-order valence-electron chi connectivity index (χ4n) is 3.74. The summed E-state index contributed by atoms with van der Waals surface area (Å²) in [5.74, 6) is 2.42. The third kappa shape index (κ3) is 3.95. The summed E-state index contributed by atoms with van der Waals surface area (Å²) >= 11 is 14.3. The molecule has 0 radical (unpaired) electrons. The zero-order valence-electron chi connectivity index (χ0n) is 15.9. The molecule has 1 aliphatic carbocycles. The van der Waals surface area contributed by atoms with Gasteiger partial charge in [-0.1, -0.05) is 59.4 Å². The Hall–Kier alpha value is -1.50. The van der Waals surface area contributed by atoms with Crippen molar-refractivity contribution in [3.05, 3.63) is 45.3 Å². The van der Waals surface area contributed by atoms with Gasteiger partial charge in [-0.3, -0.25) is 4.57 Å². The molecule has 2 aromatic heterocycles. The molecule has 2 heterocycles. The van der Waals surface area contributed by atoms with Crippen molar-refractivity contribution in [2.24, 2.45) is 0 Å². The molecule has 4 rings (SSSR count). The second kappa shape index (κ2) is 8.47. The van der Waals surface area contributed by atoms with E-state index in [0.717, 1.165) is 52.2 Å². The number of hydrogen-bond donors (Lipinski definition) is 0. The highest BCUT2D eigenvalue weighted by atomic mass is 35.5. The standard InChI is InChI=1S/C20H22Cl2N4OS/c1-12-17(13(2)27-25-12)11-28-20-24-23-19(16-9-8-14(21)10-18(16)22)26(20)15-6-4-3-5-7-15/h8-10,15H,3-7,11H2,1-2H3. The van der Waals surface area contributed by atoms with Crippen molar-refractivity contribution in [2.75, 3.05) is 0 Å². The van der Waals surface area contributed by atoms with Gasteiger partial charge in [0.15, 0.2) is 11.0 Å². The zero-order chi connectivity index (χ0) is 19.7. The summed E-state index contributed by atoms with van der Waals surface area (Å²) < 4.78 is 7.57. The molecule has 148 valence electrons. The Morgan fingerprint density at radius 2 is 1.93 bits per heavy atom. The van der Waals surface area contributed by atoms with E-state index < -0.39 is 0 Å². The van der Waals surface area contributed by atoms with Crippen LogP contribution in [0.2, 0.25) is 10.0 Å². The molecule has 1 saturated carbocycles. The highest BCUT2D eigenvalue weighted by Gasteiger charge is 2.25. The average Bonchev–Trinajstić information content (AvgIpc) is 3.24. The minimum absolute atomic E-state index is 0.387. The Kier molecular flexibility index (Phi) is 5.99. The average molecular weight is 437 g/mol. The predicted octanol–water partition coefficient (Wildman–Crippen LogP) is 6.65. The van der Waals surface area contributed by atoms with Gasteiger partial charge in [-0.2, -0.15) is 0 Å². The van der Waals surface area contributed by atoms with Crippen molar-refractivity contribution in [3.63, 3.8) is 0 Å². The first kappa shape index (κ1) is 19.8. The third-order valence-electron chi connectivity index (χ3n) is 5.30. The van der Waals surface area contributed by atoms with Crippen molar-refractivity contribution < 1.29 is 4.52 Å². The van der Waals surface area contributed by atoms with Crippen LogP contribution in [0.25, 0.3) is 11.4 Å². The monoisotopic (exact) mass is 436 g/mol. The maximum absolute atomic E-state index is 6.49. The van der Waals surface area contributed by atoms with Gasteiger partial charge < -0.3 is 4.52 Å². The lowest BCUT2D eigenvalue weighted by Crippen LogP contribution is -2.15. The Labute approximate surface area is 178 Å². The van der Waals surface area contributed by atoms with Crippen LogP contribution in [0.3, 0.4) is 0 Å². The van der Waals surface area contributed by atoms with E-state index in [-0.39, 0.29) is 0 Å². The van der Waals surface area contributed by atoms with Crippen molar-refractivity contribution in [1.29, 1.82) is 0 Å². The number of thioether (sulfide) groups is 1. The lowest BCUT2D eigenvalue weighted by atomic mass is 9.95. The Morgan fingerprint density at radius 3 is 2.61 bits per heavy atom. The van der Waals surface area contributed by atoms with Crippen LogP contribution in [0.4, 0.5) is 0 Å². The molecule has 0 bridgehead atoms. The van der Waals surface area contributed by atoms with Crippen LogP contribution in [0.1, 0.15) is 55.2 Å². The lowest BCUT2D eigenvalue weighted by molar-refractivity contribution is 0.339. The molecule has 0 amide bonds. The van der Waals surface area contributed by atoms with Crippen LogP contribution in [-0.4, -0.2) is 19.9 Å². The molecule has 8 heteroatoms. The minimum atomic E-state index is 0.387. The number of halogens is 2. The summed E-state index contributed by atoms with van der Waals surface area (Å²) in [5.41, 5.74) is 2.91. The largest absolute Gasteiger partial charge is 0.361 e. The van der Waals surface area contributed by atoms with Crippen molar-refractivity contribution in [3.8, 4) is 11.4 Å². The second-order valence-corrected chi connectivity index (χ2v) is 8.97. The maximum Gasteiger partial charge on any atom is 0.192 e. The van der Waals surface area contributed by atoms with Gasteiger partial charge >= 0.3 is 0 Å². The summed E-state index contributed by atoms with van der Waals surface area (Å²) in [6.45, 7) is 3.91. The number of nitrogens with zero attached hydrogens (tertiary/aromatic N) is 4. The summed E-state index contributed by atoms with van der Waals surface area (Å²) in [5, 5.41) is 15.2. The van der Waals surface area contributed by atoms with Crippen LogP contribution >= 0.6 is 35.0 Å². The Morgan fingerprint density at radius 1 is 1.14 bits per heavy atom. The Bertz CT molecular complexity index is 959. The van der Waals surface area contributed by atoms with E-state index in [4.69, 9.17) is 27.7 Å². The van der Waals surface area contributed by atoms with E-state index in [1.165, 1.54) is 19.3 Å². The number of aryl methyl sites for hydroxylation is 2. The van der Waals surface area contributed by atoms with E-state index in [1.807, 2.05) is 26.0 Å². The van der Waals surface area contributed by atoms with Crippen LogP contribution in [0.15, 0.2) is 27.9 Å². The highest BCUT2D eigenvalue weighted by Crippen LogP contribution is 2.38. The van der Waals surface area contributed by atoms with E-state index in [0.29, 0.717) is 16.1 Å². The van der Waals surface area contributed by atoms with Crippen LogP contribution in [-0.2, 0) is 5.75 Å². The fraction of sp³-hybridized carbons (Fsp3) is 0.450. The molecular formula is C20H22Cl2N4OS. The van der Waals surface area contributed by atoms with E-state index >= 15 is 0 Å². The summed E-state index contributed by atoms with van der Waals surface area (Å²) in [4.78, 5) is 0. The topological polar surface area (TPSA) is 56.7 Å². The summed E-state index contributed by atoms with van der Waals surface area (Å²) in [7, 11) is 0. The smallest absolute Gasteiger partial charge is 0.192 e. The van der Waals surface area contributed by atoms with Gasteiger partial charge in [-0.05, 0) is 44.9 Å². The van der Waals surface area contributed by atoms with Gasteiger partial charge in [0.1, 0.15) is 5.76 Å². The maximum atomic E-state index is 6.49. The first-order chi connectivity index (χ1) is 13.5. The number of benzene rings is 1. The first-order valence-electron chi connectivity index (χ1n) is 9.49. The Balaban J connectivity index is 1.71. The molecule has 0 N–H and O–H groups in total. The highest BCUT2D eigenvalue weighted by molar-refractivity contribution is 7.98. The van der Waals surface area contributed by atoms with E-state index in [1.54, 1.807) is 17.8 Å². The SMILES string of the molecule is Cc1noc(C)c1CSc1nnc(-c2ccc(Cl)cc2Cl)n1C1CCCCC1. The number of hydrogen-bond acceptors (Lipinski definition) is 5. The van der Waals surface area contributed by atoms with Gasteiger partial charge in [0.05, 0.1) is 10.7 Å². The molecule has 5 nitrogen and oxygen atoms in total. The molecule has 1 fully saturated rings. The molecule has 0 aliphatic heterocycles. The normalized spacial score (nSPS) is 15.3. The zero-order valence-corrected chi connectivity index (χ0v) is 18.2. The van der Waals surface area contributed by atoms with Gasteiger partial charge in [0, 0.05) is 27.9 Å². The fourth-order valence-corrected chi connectivity index (χ4v) is 5.39. The van der Waals surface area contributed by atoms with Gasteiger partial charge in [0.25, 0.3) is 0 Å². The molecule has 0 saturated heterocycles. The quantitative estimate of drug-likeness (QED) is 0.418. The van der Waals surface area contributed by atoms with E-state index in [2.05, 4.69) is 19.9 Å². The minimum Gasteiger partial charge on any atom is -0.361 e. The van der Waals surface area contributed by atoms with E-state index in [9.17, 15) is 0 Å². The summed E-state index contributed by atoms with van der Waals surface area (Å²) in [6.07, 6.45) is 6.01. The summed E-state index contributed by atoms with van der Waals surface area (Å²) in [6, 6.07) is 5.92. The van der Waals surface area contributed by atoms with Crippen molar-refractivity contribution in [2.45, 2.75) is 62.9 Å². The molecule has 3 aromatic rings. The molecule has 1 aliphatic rings. The number of aromatic nitrogens is 4.